The van der Waals surface area contributed by atoms with E-state index in [0.717, 1.165) is 12.4 Å². The first-order valence-electron chi connectivity index (χ1n) is 10.8. The van der Waals surface area contributed by atoms with Gasteiger partial charge in [0.25, 0.3) is 0 Å². The van der Waals surface area contributed by atoms with Crippen LogP contribution in [0.15, 0.2) is 0 Å². The van der Waals surface area contributed by atoms with E-state index < -0.39 is 104 Å². The molecular weight excluding hydrogens is 609 g/mol. The molecule has 0 aromatic rings. The summed E-state index contributed by atoms with van der Waals surface area (Å²) in [5, 5.41) is 60.1. The van der Waals surface area contributed by atoms with Crippen molar-refractivity contribution >= 4 is 12.1 Å². The van der Waals surface area contributed by atoms with Gasteiger partial charge in [-0.25, -0.2) is 9.59 Å². The number of hydrogen-bond acceptors (Lipinski definition) is 12. The fraction of sp³-hybridized carbons (Fsp3) is 0.889. The van der Waals surface area contributed by atoms with E-state index in [4.69, 9.17) is 19.3 Å². The lowest BCUT2D eigenvalue weighted by Crippen LogP contribution is -2.71. The van der Waals surface area contributed by atoms with Crippen molar-refractivity contribution in [1.82, 2.24) is 5.32 Å². The molecule has 41 heavy (non-hydrogen) atoms. The third-order valence-electron chi connectivity index (χ3n) is 5.92. The maximum Gasteiger partial charge on any atom is 0.447 e. The van der Waals surface area contributed by atoms with Crippen LogP contribution < -0.4 is 5.32 Å². The van der Waals surface area contributed by atoms with Gasteiger partial charge in [0.2, 0.25) is 0 Å². The van der Waals surface area contributed by atoms with Gasteiger partial charge in [0.1, 0.15) is 42.7 Å². The Balaban J connectivity index is 2.39. The van der Waals surface area contributed by atoms with Crippen LogP contribution >= 0.6 is 0 Å². The molecule has 1 amide bonds. The minimum atomic E-state index is -7.29. The fourth-order valence-electron chi connectivity index (χ4n) is 3.87. The Bertz CT molecular complexity index is 897. The molecule has 0 aliphatic carbocycles. The fourth-order valence-corrected chi connectivity index (χ4v) is 3.87. The van der Waals surface area contributed by atoms with Gasteiger partial charge in [-0.3, -0.25) is 0 Å². The molecule has 2 saturated heterocycles. The lowest BCUT2D eigenvalue weighted by atomic mass is 9.95. The van der Waals surface area contributed by atoms with Crippen LogP contribution in [-0.2, 0) is 28.5 Å². The molecule has 14 nitrogen and oxygen atoms in total. The number of carbonyl (C=O) groups is 2. The normalized spacial score (nSPS) is 35.6. The zero-order chi connectivity index (χ0) is 31.9. The summed E-state index contributed by atoms with van der Waals surface area (Å²) in [6, 6.07) is -2.43. The first-order valence-corrected chi connectivity index (χ1v) is 10.8. The van der Waals surface area contributed by atoms with Crippen LogP contribution in [0.3, 0.4) is 0 Å². The number of rotatable bonds is 7. The molecule has 2 aliphatic heterocycles. The van der Waals surface area contributed by atoms with Gasteiger partial charge in [0.15, 0.2) is 18.7 Å². The van der Waals surface area contributed by atoms with E-state index >= 15 is 0 Å². The van der Waals surface area contributed by atoms with Gasteiger partial charge in [0, 0.05) is 7.11 Å². The van der Waals surface area contributed by atoms with Gasteiger partial charge in [-0.1, -0.05) is 0 Å². The van der Waals surface area contributed by atoms with Crippen LogP contribution in [0.2, 0.25) is 0 Å². The second-order valence-corrected chi connectivity index (χ2v) is 8.52. The van der Waals surface area contributed by atoms with Crippen molar-refractivity contribution in [2.75, 3.05) is 13.7 Å². The Morgan fingerprint density at radius 2 is 1.32 bits per heavy atom. The summed E-state index contributed by atoms with van der Waals surface area (Å²) >= 11 is 0. The molecule has 0 bridgehead atoms. The summed E-state index contributed by atoms with van der Waals surface area (Å²) in [6.07, 6.45) is -45.0. The summed E-state index contributed by atoms with van der Waals surface area (Å²) in [5.74, 6) is -1.90. The highest BCUT2D eigenvalue weighted by atomic mass is 19.4. The lowest BCUT2D eigenvalue weighted by molar-refractivity contribution is -0.443. The van der Waals surface area contributed by atoms with Crippen molar-refractivity contribution in [2.45, 2.75) is 85.5 Å². The minimum absolute atomic E-state index is 0.724. The second kappa shape index (κ2) is 12.2. The number of alkyl carbamates (subject to hydrolysis) is 1. The largest absolute Gasteiger partial charge is 0.479 e. The molecule has 10 atom stereocenters. The van der Waals surface area contributed by atoms with Crippen molar-refractivity contribution in [1.29, 1.82) is 0 Å². The molecule has 0 spiro atoms. The van der Waals surface area contributed by atoms with Gasteiger partial charge >= 0.3 is 36.2 Å². The molecule has 2 fully saturated rings. The quantitative estimate of drug-likeness (QED) is 0.160. The molecule has 2 aliphatic rings. The predicted octanol–water partition coefficient (Wildman–Crippen LogP) is -1.49. The van der Waals surface area contributed by atoms with E-state index in [2.05, 4.69) is 9.47 Å². The molecule has 0 aromatic heterocycles. The molecule has 0 aromatic carbocycles. The first kappa shape index (κ1) is 34.9. The van der Waals surface area contributed by atoms with Gasteiger partial charge in [-0.15, -0.1) is 0 Å². The minimum Gasteiger partial charge on any atom is -0.479 e. The number of alkyl halides is 9. The van der Waals surface area contributed by atoms with Crippen molar-refractivity contribution < 1.29 is 103 Å². The summed E-state index contributed by atoms with van der Waals surface area (Å²) in [4.78, 5) is 23.3. The van der Waals surface area contributed by atoms with E-state index in [-0.39, 0.29) is 0 Å². The number of aliphatic carboxylic acids is 1. The number of aliphatic hydroxyl groups is 5. The van der Waals surface area contributed by atoms with Crippen LogP contribution in [0.4, 0.5) is 44.3 Å². The number of hydrogen-bond donors (Lipinski definition) is 7. The molecule has 240 valence electrons. The van der Waals surface area contributed by atoms with Gasteiger partial charge in [-0.05, 0) is 0 Å². The number of carboxylic acids is 1. The molecule has 0 radical (unpaired) electrons. The molecule has 2 rings (SSSR count). The number of nitrogens with one attached hydrogen (secondary N) is 1. The summed E-state index contributed by atoms with van der Waals surface area (Å²) in [7, 11) is 0.724. The van der Waals surface area contributed by atoms with Crippen LogP contribution in [-0.4, -0.2) is 142 Å². The highest BCUT2D eigenvalue weighted by Gasteiger charge is 2.87. The maximum absolute atomic E-state index is 13.1. The third kappa shape index (κ3) is 6.56. The molecule has 7 N–H and O–H groups in total. The number of carbonyl (C=O) groups excluding carboxylic acids is 1. The molecular formula is C18H22F9NO13. The van der Waals surface area contributed by atoms with Crippen molar-refractivity contribution in [2.24, 2.45) is 0 Å². The topological polar surface area (TPSA) is 214 Å². The lowest BCUT2D eigenvalue weighted by Gasteiger charge is -2.46. The Morgan fingerprint density at radius 1 is 0.805 bits per heavy atom. The van der Waals surface area contributed by atoms with E-state index in [1.165, 1.54) is 0 Å². The number of halogens is 9. The van der Waals surface area contributed by atoms with E-state index in [1.807, 2.05) is 0 Å². The zero-order valence-electron chi connectivity index (χ0n) is 19.9. The molecule has 0 unspecified atom stereocenters. The average molecular weight is 631 g/mol. The second-order valence-electron chi connectivity index (χ2n) is 8.52. The van der Waals surface area contributed by atoms with Crippen molar-refractivity contribution in [3.05, 3.63) is 0 Å². The van der Waals surface area contributed by atoms with Crippen LogP contribution in [0, 0.1) is 0 Å². The Hall–Kier alpha value is -2.25. The maximum atomic E-state index is 13.1. The number of ether oxygens (including phenoxy) is 5. The number of aliphatic hydroxyl groups excluding tert-OH is 5. The summed E-state index contributed by atoms with van der Waals surface area (Å²) in [6.45, 7) is -1.16. The number of amides is 1. The standard InChI is InChI=1S/C18H22F9NO13/c1-37-12-4(28-14(36)41-15(16(19,20)21,17(22,23)24)18(25,26)27)5(30)9(3(2-29)38-12)39-13-8(33)6(31)7(32)10(40-13)11(34)35/h3-10,12-13,29-33H,2H2,1H3,(H,28,36)(H,34,35)/t3-,4-,5-,6+,7+,8-,9-,10+,12+,13-/m1/s1. The summed E-state index contributed by atoms with van der Waals surface area (Å²) in [5.41, 5.74) is -7.04. The predicted molar refractivity (Wildman–Crippen MR) is 102 cm³/mol. The zero-order valence-corrected chi connectivity index (χ0v) is 19.9. The first-order chi connectivity index (χ1) is 18.5. The monoisotopic (exact) mass is 631 g/mol. The molecule has 23 heteroatoms. The Morgan fingerprint density at radius 3 is 1.73 bits per heavy atom. The van der Waals surface area contributed by atoms with E-state index in [1.54, 1.807) is 0 Å². The van der Waals surface area contributed by atoms with Crippen LogP contribution in [0.5, 0.6) is 0 Å². The van der Waals surface area contributed by atoms with Crippen LogP contribution in [0.1, 0.15) is 0 Å². The molecule has 0 saturated carbocycles. The summed E-state index contributed by atoms with van der Waals surface area (Å²) < 4.78 is 141. The third-order valence-corrected chi connectivity index (χ3v) is 5.92. The smallest absolute Gasteiger partial charge is 0.447 e. The molecule has 2 heterocycles. The number of carboxylic acid groups (broad SMARTS) is 1. The number of methoxy groups -OCH3 is 1. The van der Waals surface area contributed by atoms with Crippen LogP contribution in [0.25, 0.3) is 0 Å². The highest BCUT2D eigenvalue weighted by Crippen LogP contribution is 2.55. The Labute approximate surface area is 221 Å². The highest BCUT2D eigenvalue weighted by molar-refractivity contribution is 5.73. The van der Waals surface area contributed by atoms with Gasteiger partial charge in [0.05, 0.1) is 6.61 Å². The van der Waals surface area contributed by atoms with E-state index in [0.29, 0.717) is 0 Å². The van der Waals surface area contributed by atoms with E-state index in [9.17, 15) is 74.6 Å². The average Bonchev–Trinajstić information content (AvgIpc) is 2.82. The Kier molecular flexibility index (Phi) is 10.4. The van der Waals surface area contributed by atoms with Crippen molar-refractivity contribution in [3.63, 3.8) is 0 Å². The SMILES string of the molecule is CO[C@H]1O[C@H](CO)[C@@H](O[C@@H]2O[C@H](C(=O)O)[C@@H](O)[C@H](O)[C@H]2O)[C@H](O)[C@H]1NC(=O)OC(C(F)(F)F)(C(F)(F)F)C(F)(F)F. The van der Waals surface area contributed by atoms with Crippen molar-refractivity contribution in [3.8, 4) is 0 Å². The van der Waals surface area contributed by atoms with Gasteiger partial charge < -0.3 is 59.6 Å². The van der Waals surface area contributed by atoms with Gasteiger partial charge in [-0.2, -0.15) is 39.5 Å².